The first-order chi connectivity index (χ1) is 11.1. The Balaban J connectivity index is 2.23. The number of carbonyl (C=O) groups excluding carboxylic acids is 1. The third-order valence-corrected chi connectivity index (χ3v) is 4.33. The number of ether oxygens (including phenoxy) is 2. The van der Waals surface area contributed by atoms with Crippen LogP contribution in [0.25, 0.3) is 0 Å². The highest BCUT2D eigenvalue weighted by Crippen LogP contribution is 2.34. The highest BCUT2D eigenvalue weighted by Gasteiger charge is 2.29. The zero-order valence-corrected chi connectivity index (χ0v) is 14.6. The van der Waals surface area contributed by atoms with Crippen molar-refractivity contribution in [1.29, 1.82) is 0 Å². The molecule has 1 aliphatic rings. The van der Waals surface area contributed by atoms with Gasteiger partial charge < -0.3 is 19.7 Å². The Hall–Kier alpha value is -1.75. The summed E-state index contributed by atoms with van der Waals surface area (Å²) in [6.45, 7) is 8.93. The Morgan fingerprint density at radius 3 is 2.83 bits per heavy atom. The largest absolute Gasteiger partial charge is 0.496 e. The average Bonchev–Trinajstić information content (AvgIpc) is 2.55. The van der Waals surface area contributed by atoms with E-state index in [2.05, 4.69) is 24.4 Å². The average molecular weight is 320 g/mol. The molecule has 1 unspecified atom stereocenters. The lowest BCUT2D eigenvalue weighted by molar-refractivity contribution is 0.0901. The van der Waals surface area contributed by atoms with Crippen molar-refractivity contribution in [3.05, 3.63) is 28.8 Å². The molecule has 0 spiro atoms. The highest BCUT2D eigenvalue weighted by molar-refractivity contribution is 5.69. The molecule has 1 heterocycles. The van der Waals surface area contributed by atoms with Crippen LogP contribution in [0.5, 0.6) is 5.75 Å². The van der Waals surface area contributed by atoms with Crippen LogP contribution >= 0.6 is 0 Å². The van der Waals surface area contributed by atoms with Gasteiger partial charge in [0.15, 0.2) is 0 Å². The SMILES string of the molecule is CCCNCc1cc2c(cc1OC)C(C)N(C(=O)OCC)CC2. The monoisotopic (exact) mass is 320 g/mol. The second-order valence-electron chi connectivity index (χ2n) is 5.86. The number of nitrogens with one attached hydrogen (secondary N) is 1. The Morgan fingerprint density at radius 2 is 2.17 bits per heavy atom. The van der Waals surface area contributed by atoms with Crippen molar-refractivity contribution < 1.29 is 14.3 Å². The second kappa shape index (κ2) is 8.20. The lowest BCUT2D eigenvalue weighted by atomic mass is 9.91. The molecular weight excluding hydrogens is 292 g/mol. The first kappa shape index (κ1) is 17.6. The molecule has 2 rings (SSSR count). The molecule has 5 nitrogen and oxygen atoms in total. The number of hydrogen-bond acceptors (Lipinski definition) is 4. The van der Waals surface area contributed by atoms with Crippen LogP contribution < -0.4 is 10.1 Å². The third kappa shape index (κ3) is 3.96. The Bertz CT molecular complexity index is 545. The van der Waals surface area contributed by atoms with Gasteiger partial charge in [-0.1, -0.05) is 13.0 Å². The molecule has 1 amide bonds. The molecule has 0 aromatic heterocycles. The summed E-state index contributed by atoms with van der Waals surface area (Å²) < 4.78 is 10.7. The topological polar surface area (TPSA) is 50.8 Å². The molecule has 0 radical (unpaired) electrons. The molecule has 0 fully saturated rings. The van der Waals surface area contributed by atoms with E-state index in [0.717, 1.165) is 37.2 Å². The van der Waals surface area contributed by atoms with Crippen LogP contribution in [0, 0.1) is 0 Å². The van der Waals surface area contributed by atoms with E-state index >= 15 is 0 Å². The molecule has 0 bridgehead atoms. The first-order valence-corrected chi connectivity index (χ1v) is 8.46. The van der Waals surface area contributed by atoms with Crippen LogP contribution in [0.3, 0.4) is 0 Å². The fourth-order valence-electron chi connectivity index (χ4n) is 3.08. The van der Waals surface area contributed by atoms with Crippen LogP contribution in [0.2, 0.25) is 0 Å². The van der Waals surface area contributed by atoms with E-state index in [1.165, 1.54) is 11.1 Å². The van der Waals surface area contributed by atoms with Gasteiger partial charge in [-0.25, -0.2) is 4.79 Å². The maximum Gasteiger partial charge on any atom is 0.410 e. The molecule has 1 aromatic rings. The summed E-state index contributed by atoms with van der Waals surface area (Å²) in [7, 11) is 1.70. The summed E-state index contributed by atoms with van der Waals surface area (Å²) >= 11 is 0. The first-order valence-electron chi connectivity index (χ1n) is 8.46. The van der Waals surface area contributed by atoms with E-state index in [-0.39, 0.29) is 12.1 Å². The van der Waals surface area contributed by atoms with Crippen molar-refractivity contribution in [3.63, 3.8) is 0 Å². The van der Waals surface area contributed by atoms with Gasteiger partial charge in [-0.05, 0) is 50.4 Å². The Morgan fingerprint density at radius 1 is 1.39 bits per heavy atom. The van der Waals surface area contributed by atoms with Gasteiger partial charge in [-0.3, -0.25) is 0 Å². The minimum absolute atomic E-state index is 0.00403. The number of amides is 1. The van der Waals surface area contributed by atoms with Gasteiger partial charge in [-0.15, -0.1) is 0 Å². The van der Waals surface area contributed by atoms with E-state index in [1.807, 2.05) is 13.8 Å². The number of methoxy groups -OCH3 is 1. The van der Waals surface area contributed by atoms with Gasteiger partial charge in [-0.2, -0.15) is 0 Å². The Labute approximate surface area is 139 Å². The van der Waals surface area contributed by atoms with Gasteiger partial charge in [0.2, 0.25) is 0 Å². The summed E-state index contributed by atoms with van der Waals surface area (Å²) in [5.41, 5.74) is 3.63. The quantitative estimate of drug-likeness (QED) is 0.817. The lowest BCUT2D eigenvalue weighted by Crippen LogP contribution is -2.39. The van der Waals surface area contributed by atoms with Crippen molar-refractivity contribution in [2.24, 2.45) is 0 Å². The highest BCUT2D eigenvalue weighted by atomic mass is 16.6. The number of carbonyl (C=O) groups is 1. The molecule has 128 valence electrons. The fraction of sp³-hybridized carbons (Fsp3) is 0.611. The number of hydrogen-bond donors (Lipinski definition) is 1. The predicted molar refractivity (Wildman–Crippen MR) is 90.8 cm³/mol. The van der Waals surface area contributed by atoms with Gasteiger partial charge >= 0.3 is 6.09 Å². The minimum Gasteiger partial charge on any atom is -0.496 e. The van der Waals surface area contributed by atoms with Crippen LogP contribution in [0.1, 0.15) is 49.9 Å². The van der Waals surface area contributed by atoms with E-state index in [1.54, 1.807) is 12.0 Å². The molecule has 0 saturated heterocycles. The predicted octanol–water partition coefficient (Wildman–Crippen LogP) is 3.27. The zero-order chi connectivity index (χ0) is 16.8. The maximum absolute atomic E-state index is 12.1. The Kier molecular flexibility index (Phi) is 6.28. The molecule has 5 heteroatoms. The van der Waals surface area contributed by atoms with Crippen molar-refractivity contribution in [2.45, 2.75) is 46.2 Å². The third-order valence-electron chi connectivity index (χ3n) is 4.33. The summed E-state index contributed by atoms with van der Waals surface area (Å²) in [5.74, 6) is 0.880. The summed E-state index contributed by atoms with van der Waals surface area (Å²) in [4.78, 5) is 13.9. The van der Waals surface area contributed by atoms with E-state index in [0.29, 0.717) is 13.2 Å². The van der Waals surface area contributed by atoms with Crippen molar-refractivity contribution in [2.75, 3.05) is 26.8 Å². The molecule has 23 heavy (non-hydrogen) atoms. The number of nitrogens with zero attached hydrogens (tertiary/aromatic N) is 1. The van der Waals surface area contributed by atoms with Gasteiger partial charge in [0.1, 0.15) is 5.75 Å². The standard InChI is InChI=1S/C18H28N2O3/c1-5-8-19-12-15-10-14-7-9-20(18(21)23-6-2)13(3)16(14)11-17(15)22-4/h10-11,13,19H,5-9,12H2,1-4H3. The minimum atomic E-state index is -0.238. The smallest absolute Gasteiger partial charge is 0.410 e. The molecule has 1 atom stereocenters. The summed E-state index contributed by atoms with van der Waals surface area (Å²) in [6.07, 6.45) is 1.72. The molecular formula is C18H28N2O3. The number of rotatable bonds is 6. The van der Waals surface area contributed by atoms with Crippen LogP contribution in [0.15, 0.2) is 12.1 Å². The molecule has 1 N–H and O–H groups in total. The number of fused-ring (bicyclic) bond motifs is 1. The summed E-state index contributed by atoms with van der Waals surface area (Å²) in [5, 5.41) is 3.42. The molecule has 1 aromatic carbocycles. The lowest BCUT2D eigenvalue weighted by Gasteiger charge is -2.35. The second-order valence-corrected chi connectivity index (χ2v) is 5.86. The molecule has 0 aliphatic carbocycles. The van der Waals surface area contributed by atoms with E-state index in [9.17, 15) is 4.79 Å². The van der Waals surface area contributed by atoms with Gasteiger partial charge in [0.25, 0.3) is 0 Å². The van der Waals surface area contributed by atoms with Crippen LogP contribution in [-0.2, 0) is 17.7 Å². The van der Waals surface area contributed by atoms with E-state index in [4.69, 9.17) is 9.47 Å². The van der Waals surface area contributed by atoms with Crippen LogP contribution in [0.4, 0.5) is 4.79 Å². The maximum atomic E-state index is 12.1. The zero-order valence-electron chi connectivity index (χ0n) is 14.6. The molecule has 1 aliphatic heterocycles. The van der Waals surface area contributed by atoms with E-state index < -0.39 is 0 Å². The van der Waals surface area contributed by atoms with Crippen molar-refractivity contribution >= 4 is 6.09 Å². The summed E-state index contributed by atoms with van der Waals surface area (Å²) in [6, 6.07) is 4.30. The van der Waals surface area contributed by atoms with Crippen LogP contribution in [-0.4, -0.2) is 37.8 Å². The van der Waals surface area contributed by atoms with Gasteiger partial charge in [0.05, 0.1) is 19.8 Å². The number of benzene rings is 1. The normalized spacial score (nSPS) is 16.9. The van der Waals surface area contributed by atoms with Crippen molar-refractivity contribution in [1.82, 2.24) is 10.2 Å². The van der Waals surface area contributed by atoms with Gasteiger partial charge in [0, 0.05) is 18.7 Å². The fourth-order valence-corrected chi connectivity index (χ4v) is 3.08. The van der Waals surface area contributed by atoms with Crippen molar-refractivity contribution in [3.8, 4) is 5.75 Å². The molecule has 0 saturated carbocycles.